The van der Waals surface area contributed by atoms with Gasteiger partial charge in [0, 0.05) is 11.8 Å². The van der Waals surface area contributed by atoms with E-state index >= 15 is 0 Å². The highest BCUT2D eigenvalue weighted by Gasteiger charge is 2.12. The Morgan fingerprint density at radius 2 is 2.08 bits per heavy atom. The van der Waals surface area contributed by atoms with Gasteiger partial charge in [-0.3, -0.25) is 4.79 Å². The van der Waals surface area contributed by atoms with E-state index in [1.807, 2.05) is 30.3 Å². The van der Waals surface area contributed by atoms with Crippen molar-refractivity contribution in [3.8, 4) is 17.2 Å². The number of fused-ring (bicyclic) bond motifs is 1. The minimum absolute atomic E-state index is 0.223. The van der Waals surface area contributed by atoms with Gasteiger partial charge in [0.15, 0.2) is 11.5 Å². The number of nitrogens with zero attached hydrogens (tertiary/aromatic N) is 4. The number of hydrogen-bond acceptors (Lipinski definition) is 6. The van der Waals surface area contributed by atoms with E-state index in [9.17, 15) is 4.79 Å². The fraction of sp³-hybridized carbons (Fsp3) is 0.0588. The van der Waals surface area contributed by atoms with Crippen LogP contribution in [-0.4, -0.2) is 32.9 Å². The van der Waals surface area contributed by atoms with Crippen LogP contribution in [0.4, 0.5) is 5.69 Å². The van der Waals surface area contributed by atoms with E-state index in [0.29, 0.717) is 17.2 Å². The van der Waals surface area contributed by atoms with Crippen LogP contribution in [0.1, 0.15) is 5.56 Å². The third-order valence-corrected chi connectivity index (χ3v) is 3.55. The second-order valence-corrected chi connectivity index (χ2v) is 5.24. The van der Waals surface area contributed by atoms with Crippen LogP contribution in [0.25, 0.3) is 11.8 Å². The van der Waals surface area contributed by atoms with Crippen LogP contribution in [0.5, 0.6) is 11.5 Å². The van der Waals surface area contributed by atoms with Crippen LogP contribution in [0.3, 0.4) is 0 Å². The normalized spacial score (nSPS) is 12.5. The molecule has 4 rings (SSSR count). The first kappa shape index (κ1) is 14.9. The van der Waals surface area contributed by atoms with Crippen molar-refractivity contribution >= 4 is 17.7 Å². The molecule has 2 aromatic carbocycles. The largest absolute Gasteiger partial charge is 0.454 e. The van der Waals surface area contributed by atoms with Gasteiger partial charge in [-0.25, -0.2) is 4.68 Å². The summed E-state index contributed by atoms with van der Waals surface area (Å²) in [5.74, 6) is 1.14. The topological polar surface area (TPSA) is 91.2 Å². The number of hydrogen-bond donors (Lipinski definition) is 1. The minimum atomic E-state index is -0.244. The summed E-state index contributed by atoms with van der Waals surface area (Å²) < 4.78 is 12.1. The molecule has 0 saturated carbocycles. The van der Waals surface area contributed by atoms with Gasteiger partial charge < -0.3 is 14.8 Å². The lowest BCUT2D eigenvalue weighted by Crippen LogP contribution is -2.08. The van der Waals surface area contributed by atoms with Gasteiger partial charge in [-0.2, -0.15) is 0 Å². The summed E-state index contributed by atoms with van der Waals surface area (Å²) in [6.07, 6.45) is 4.66. The molecule has 0 radical (unpaired) electrons. The summed E-state index contributed by atoms with van der Waals surface area (Å²) in [6.45, 7) is 0.223. The lowest BCUT2D eigenvalue weighted by Gasteiger charge is -2.05. The summed E-state index contributed by atoms with van der Waals surface area (Å²) in [5, 5.41) is 13.8. The number of aromatic nitrogens is 4. The lowest BCUT2D eigenvalue weighted by molar-refractivity contribution is -0.111. The summed E-state index contributed by atoms with van der Waals surface area (Å²) in [7, 11) is 0. The zero-order chi connectivity index (χ0) is 17.1. The number of carbonyl (C=O) groups is 1. The van der Waals surface area contributed by atoms with E-state index < -0.39 is 0 Å². The van der Waals surface area contributed by atoms with Crippen molar-refractivity contribution in [2.45, 2.75) is 0 Å². The molecule has 2 heterocycles. The Balaban J connectivity index is 1.44. The average molecular weight is 335 g/mol. The smallest absolute Gasteiger partial charge is 0.248 e. The Labute approximate surface area is 142 Å². The molecule has 0 atom stereocenters. The molecular formula is C17H13N5O3. The molecule has 0 unspecified atom stereocenters. The first-order chi connectivity index (χ1) is 12.3. The maximum atomic E-state index is 12.1. The van der Waals surface area contributed by atoms with Gasteiger partial charge in [0.25, 0.3) is 0 Å². The van der Waals surface area contributed by atoms with E-state index in [1.165, 1.54) is 17.1 Å². The highest BCUT2D eigenvalue weighted by molar-refractivity contribution is 6.02. The molecule has 1 aliphatic heterocycles. The number of benzene rings is 2. The highest BCUT2D eigenvalue weighted by atomic mass is 16.7. The third-order valence-electron chi connectivity index (χ3n) is 3.55. The SMILES string of the molecule is O=C(C=Cc1ccc2c(c1)OCO2)Nc1cccc(-n2cnnn2)c1. The molecule has 1 aromatic heterocycles. The van der Waals surface area contributed by atoms with Crippen molar-refractivity contribution < 1.29 is 14.3 Å². The van der Waals surface area contributed by atoms with Crippen LogP contribution >= 0.6 is 0 Å². The van der Waals surface area contributed by atoms with Crippen molar-refractivity contribution in [3.05, 3.63) is 60.4 Å². The molecule has 1 aliphatic rings. The van der Waals surface area contributed by atoms with Crippen molar-refractivity contribution in [1.82, 2.24) is 20.2 Å². The highest BCUT2D eigenvalue weighted by Crippen LogP contribution is 2.32. The summed E-state index contributed by atoms with van der Waals surface area (Å²) >= 11 is 0. The predicted molar refractivity (Wildman–Crippen MR) is 89.4 cm³/mol. The van der Waals surface area contributed by atoms with Crippen LogP contribution in [0.2, 0.25) is 0 Å². The molecule has 0 bridgehead atoms. The van der Waals surface area contributed by atoms with Crippen LogP contribution < -0.4 is 14.8 Å². The molecular weight excluding hydrogens is 322 g/mol. The Kier molecular flexibility index (Phi) is 3.83. The Bertz CT molecular complexity index is 937. The zero-order valence-electron chi connectivity index (χ0n) is 13.0. The van der Waals surface area contributed by atoms with Gasteiger partial charge in [-0.1, -0.05) is 12.1 Å². The quantitative estimate of drug-likeness (QED) is 0.734. The number of carbonyl (C=O) groups excluding carboxylic acids is 1. The molecule has 124 valence electrons. The predicted octanol–water partition coefficient (Wildman–Crippen LogP) is 2.04. The third kappa shape index (κ3) is 3.32. The molecule has 8 nitrogen and oxygen atoms in total. The molecule has 1 amide bonds. The number of rotatable bonds is 4. The van der Waals surface area contributed by atoms with E-state index in [-0.39, 0.29) is 12.7 Å². The molecule has 0 aliphatic carbocycles. The Morgan fingerprint density at radius 3 is 2.96 bits per heavy atom. The van der Waals surface area contributed by atoms with Crippen LogP contribution in [-0.2, 0) is 4.79 Å². The first-order valence-corrected chi connectivity index (χ1v) is 7.50. The van der Waals surface area contributed by atoms with Crippen LogP contribution in [0.15, 0.2) is 54.9 Å². The number of anilines is 1. The molecule has 0 saturated heterocycles. The number of amides is 1. The van der Waals surface area contributed by atoms with Gasteiger partial charge in [0.05, 0.1) is 5.69 Å². The number of ether oxygens (including phenoxy) is 2. The molecule has 25 heavy (non-hydrogen) atoms. The van der Waals surface area contributed by atoms with Gasteiger partial charge in [-0.05, 0) is 52.4 Å². The molecule has 8 heteroatoms. The zero-order valence-corrected chi connectivity index (χ0v) is 13.0. The second-order valence-electron chi connectivity index (χ2n) is 5.24. The number of tetrazole rings is 1. The lowest BCUT2D eigenvalue weighted by atomic mass is 10.2. The second kappa shape index (κ2) is 6.44. The van der Waals surface area contributed by atoms with Gasteiger partial charge in [-0.15, -0.1) is 5.10 Å². The van der Waals surface area contributed by atoms with E-state index in [2.05, 4.69) is 20.8 Å². The maximum Gasteiger partial charge on any atom is 0.248 e. The Hall–Kier alpha value is -3.68. The average Bonchev–Trinajstić information content (AvgIpc) is 3.31. The summed E-state index contributed by atoms with van der Waals surface area (Å²) in [5.41, 5.74) is 2.25. The van der Waals surface area contributed by atoms with Crippen molar-refractivity contribution in [1.29, 1.82) is 0 Å². The molecule has 0 fully saturated rings. The fourth-order valence-corrected chi connectivity index (χ4v) is 2.38. The number of nitrogens with one attached hydrogen (secondary N) is 1. The van der Waals surface area contributed by atoms with E-state index in [4.69, 9.17) is 9.47 Å². The van der Waals surface area contributed by atoms with Crippen molar-refractivity contribution in [2.24, 2.45) is 0 Å². The molecule has 3 aromatic rings. The van der Waals surface area contributed by atoms with Gasteiger partial charge in [0.2, 0.25) is 12.7 Å². The summed E-state index contributed by atoms with van der Waals surface area (Å²) in [6, 6.07) is 12.7. The minimum Gasteiger partial charge on any atom is -0.454 e. The molecule has 0 spiro atoms. The van der Waals surface area contributed by atoms with Gasteiger partial charge in [0.1, 0.15) is 6.33 Å². The standard InChI is InChI=1S/C17H13N5O3/c23-17(7-5-12-4-6-15-16(8-12)25-11-24-15)19-13-2-1-3-14(9-13)22-10-18-20-21-22/h1-10H,11H2,(H,19,23). The Morgan fingerprint density at radius 1 is 1.16 bits per heavy atom. The monoisotopic (exact) mass is 335 g/mol. The van der Waals surface area contributed by atoms with Crippen molar-refractivity contribution in [3.63, 3.8) is 0 Å². The van der Waals surface area contributed by atoms with Crippen LogP contribution in [0, 0.1) is 0 Å². The first-order valence-electron chi connectivity index (χ1n) is 7.50. The maximum absolute atomic E-state index is 12.1. The van der Waals surface area contributed by atoms with Crippen molar-refractivity contribution in [2.75, 3.05) is 12.1 Å². The molecule has 1 N–H and O–H groups in total. The van der Waals surface area contributed by atoms with Gasteiger partial charge >= 0.3 is 0 Å². The fourth-order valence-electron chi connectivity index (χ4n) is 2.38. The van der Waals surface area contributed by atoms with E-state index in [1.54, 1.807) is 18.2 Å². The summed E-state index contributed by atoms with van der Waals surface area (Å²) in [4.78, 5) is 12.1. The van der Waals surface area contributed by atoms with E-state index in [0.717, 1.165) is 11.3 Å².